The molecule has 0 radical (unpaired) electrons. The monoisotopic (exact) mass is 261 g/mol. The topological polar surface area (TPSA) is 12.9 Å². The number of allylic oxidation sites excluding steroid dienone is 4. The molecule has 20 heavy (non-hydrogen) atoms. The largest absolute Gasteiger partial charge is 0.256 e. The van der Waals surface area contributed by atoms with Crippen LogP contribution in [-0.2, 0) is 0 Å². The Morgan fingerprint density at radius 3 is 2.90 bits per heavy atom. The van der Waals surface area contributed by atoms with Gasteiger partial charge in [0.2, 0.25) is 0 Å². The summed E-state index contributed by atoms with van der Waals surface area (Å²) >= 11 is 0. The predicted octanol–water partition coefficient (Wildman–Crippen LogP) is 4.91. The summed E-state index contributed by atoms with van der Waals surface area (Å²) in [7, 11) is 0. The Bertz CT molecular complexity index is 720. The van der Waals surface area contributed by atoms with E-state index in [1.54, 1.807) is 0 Å². The van der Waals surface area contributed by atoms with Gasteiger partial charge in [0.25, 0.3) is 0 Å². The first-order chi connectivity index (χ1) is 9.83. The molecule has 0 N–H and O–H groups in total. The molecule has 1 heteroatoms. The summed E-state index contributed by atoms with van der Waals surface area (Å²) in [5, 5.41) is 1.28. The van der Waals surface area contributed by atoms with Crippen LogP contribution in [0.15, 0.2) is 48.7 Å². The first-order valence-electron chi connectivity index (χ1n) is 7.56. The van der Waals surface area contributed by atoms with Crippen LogP contribution in [0.2, 0.25) is 0 Å². The van der Waals surface area contributed by atoms with Crippen molar-refractivity contribution >= 4 is 16.5 Å². The molecular formula is C19H19N. The van der Waals surface area contributed by atoms with Crippen LogP contribution in [0, 0.1) is 18.8 Å². The van der Waals surface area contributed by atoms with Crippen molar-refractivity contribution < 1.29 is 0 Å². The van der Waals surface area contributed by atoms with Crippen molar-refractivity contribution in [2.75, 3.05) is 0 Å². The van der Waals surface area contributed by atoms with Gasteiger partial charge in [-0.1, -0.05) is 30.4 Å². The van der Waals surface area contributed by atoms with Crippen LogP contribution < -0.4 is 0 Å². The summed E-state index contributed by atoms with van der Waals surface area (Å²) in [4.78, 5) is 4.49. The van der Waals surface area contributed by atoms with Crippen LogP contribution in [0.25, 0.3) is 16.5 Å². The maximum Gasteiger partial charge on any atom is 0.0708 e. The van der Waals surface area contributed by atoms with Crippen molar-refractivity contribution in [1.82, 2.24) is 4.98 Å². The fraction of sp³-hybridized carbons (Fsp3) is 0.316. The molecule has 1 fully saturated rings. The van der Waals surface area contributed by atoms with Crippen LogP contribution >= 0.6 is 0 Å². The Balaban J connectivity index is 1.88. The molecule has 1 nitrogen and oxygen atoms in total. The molecule has 1 saturated carbocycles. The molecule has 1 aromatic heterocycles. The number of rotatable bonds is 2. The molecule has 0 saturated heterocycles. The van der Waals surface area contributed by atoms with E-state index >= 15 is 0 Å². The SMILES string of the molecule is Cc1ccc2ncccc2c1C1=CC(C2CC2)CC=C1. The molecule has 0 amide bonds. The van der Waals surface area contributed by atoms with E-state index in [-0.39, 0.29) is 0 Å². The summed E-state index contributed by atoms with van der Waals surface area (Å²) in [5.41, 5.74) is 5.20. The molecule has 4 rings (SSSR count). The number of fused-ring (bicyclic) bond motifs is 1. The van der Waals surface area contributed by atoms with Gasteiger partial charge in [0, 0.05) is 11.6 Å². The fourth-order valence-corrected chi connectivity index (χ4v) is 3.37. The Hall–Kier alpha value is -1.89. The first kappa shape index (κ1) is 11.9. The van der Waals surface area contributed by atoms with Crippen molar-refractivity contribution in [3.63, 3.8) is 0 Å². The van der Waals surface area contributed by atoms with Crippen molar-refractivity contribution in [3.05, 3.63) is 59.8 Å². The van der Waals surface area contributed by atoms with Gasteiger partial charge in [0.1, 0.15) is 0 Å². The lowest BCUT2D eigenvalue weighted by Gasteiger charge is -2.19. The quantitative estimate of drug-likeness (QED) is 0.748. The van der Waals surface area contributed by atoms with E-state index in [1.165, 1.54) is 41.3 Å². The third-order valence-corrected chi connectivity index (χ3v) is 4.61. The van der Waals surface area contributed by atoms with Crippen LogP contribution in [-0.4, -0.2) is 4.98 Å². The Morgan fingerprint density at radius 2 is 2.05 bits per heavy atom. The van der Waals surface area contributed by atoms with Gasteiger partial charge in [0.15, 0.2) is 0 Å². The van der Waals surface area contributed by atoms with E-state index in [4.69, 9.17) is 0 Å². The molecule has 1 unspecified atom stereocenters. The number of pyridine rings is 1. The molecule has 0 spiro atoms. The summed E-state index contributed by atoms with van der Waals surface area (Å²) < 4.78 is 0. The molecule has 1 atom stereocenters. The Kier molecular flexibility index (Phi) is 2.73. The normalized spacial score (nSPS) is 22.1. The molecular weight excluding hydrogens is 242 g/mol. The highest BCUT2D eigenvalue weighted by atomic mass is 14.6. The molecule has 100 valence electrons. The highest BCUT2D eigenvalue weighted by Gasteiger charge is 2.30. The average molecular weight is 261 g/mol. The lowest BCUT2D eigenvalue weighted by atomic mass is 9.86. The minimum atomic E-state index is 0.751. The maximum atomic E-state index is 4.49. The molecule has 2 aliphatic rings. The van der Waals surface area contributed by atoms with Crippen molar-refractivity contribution in [2.45, 2.75) is 26.2 Å². The number of aryl methyl sites for hydroxylation is 1. The van der Waals surface area contributed by atoms with Crippen LogP contribution in [0.1, 0.15) is 30.4 Å². The van der Waals surface area contributed by atoms with E-state index in [2.05, 4.69) is 48.3 Å². The smallest absolute Gasteiger partial charge is 0.0708 e. The molecule has 0 aliphatic heterocycles. The van der Waals surface area contributed by atoms with Crippen LogP contribution in [0.3, 0.4) is 0 Å². The van der Waals surface area contributed by atoms with Gasteiger partial charge in [-0.25, -0.2) is 0 Å². The summed E-state index contributed by atoms with van der Waals surface area (Å²) in [6.07, 6.45) is 13.1. The van der Waals surface area contributed by atoms with Gasteiger partial charge >= 0.3 is 0 Å². The minimum Gasteiger partial charge on any atom is -0.256 e. The number of nitrogens with zero attached hydrogens (tertiary/aromatic N) is 1. The van der Waals surface area contributed by atoms with Gasteiger partial charge < -0.3 is 0 Å². The molecule has 2 aliphatic carbocycles. The molecule has 1 heterocycles. The predicted molar refractivity (Wildman–Crippen MR) is 84.4 cm³/mol. The standard InChI is InChI=1S/C19H19N/c1-13-7-10-18-17(6-3-11-20-18)19(13)16-5-2-4-15(12-16)14-8-9-14/h2-3,5-7,10-12,14-15H,4,8-9H2,1H3. The second-order valence-electron chi connectivity index (χ2n) is 6.09. The average Bonchev–Trinajstić information content (AvgIpc) is 3.32. The third-order valence-electron chi connectivity index (χ3n) is 4.61. The number of aromatic nitrogens is 1. The highest BCUT2D eigenvalue weighted by Crippen LogP contribution is 2.43. The minimum absolute atomic E-state index is 0.751. The molecule has 1 aromatic carbocycles. The third kappa shape index (κ3) is 1.98. The second-order valence-corrected chi connectivity index (χ2v) is 6.09. The Labute approximate surface area is 120 Å². The number of hydrogen-bond acceptors (Lipinski definition) is 1. The van der Waals surface area contributed by atoms with Crippen molar-refractivity contribution in [1.29, 1.82) is 0 Å². The zero-order chi connectivity index (χ0) is 13.5. The molecule has 2 aromatic rings. The zero-order valence-electron chi connectivity index (χ0n) is 11.8. The van der Waals surface area contributed by atoms with E-state index in [1.807, 2.05) is 12.3 Å². The zero-order valence-corrected chi connectivity index (χ0v) is 11.8. The number of benzene rings is 1. The van der Waals surface area contributed by atoms with Crippen LogP contribution in [0.4, 0.5) is 0 Å². The molecule has 0 bridgehead atoms. The van der Waals surface area contributed by atoms with E-state index in [9.17, 15) is 0 Å². The van der Waals surface area contributed by atoms with Gasteiger partial charge in [-0.3, -0.25) is 4.98 Å². The fourth-order valence-electron chi connectivity index (χ4n) is 3.37. The van der Waals surface area contributed by atoms with E-state index in [0.717, 1.165) is 17.4 Å². The lowest BCUT2D eigenvalue weighted by molar-refractivity contribution is 0.575. The summed E-state index contributed by atoms with van der Waals surface area (Å²) in [5.74, 6) is 1.68. The summed E-state index contributed by atoms with van der Waals surface area (Å²) in [6.45, 7) is 2.21. The maximum absolute atomic E-state index is 4.49. The van der Waals surface area contributed by atoms with Gasteiger partial charge in [0.05, 0.1) is 5.52 Å². The highest BCUT2D eigenvalue weighted by molar-refractivity contribution is 5.95. The lowest BCUT2D eigenvalue weighted by Crippen LogP contribution is -2.03. The number of hydrogen-bond donors (Lipinski definition) is 0. The van der Waals surface area contributed by atoms with Gasteiger partial charge in [-0.15, -0.1) is 0 Å². The van der Waals surface area contributed by atoms with Gasteiger partial charge in [-0.2, -0.15) is 0 Å². The van der Waals surface area contributed by atoms with E-state index < -0.39 is 0 Å². The van der Waals surface area contributed by atoms with Crippen molar-refractivity contribution in [3.8, 4) is 0 Å². The van der Waals surface area contributed by atoms with Gasteiger partial charge in [-0.05, 0) is 66.9 Å². The second kappa shape index (κ2) is 4.59. The van der Waals surface area contributed by atoms with Crippen LogP contribution in [0.5, 0.6) is 0 Å². The summed E-state index contributed by atoms with van der Waals surface area (Å²) in [6, 6.07) is 8.55. The van der Waals surface area contributed by atoms with E-state index in [0.29, 0.717) is 0 Å². The first-order valence-corrected chi connectivity index (χ1v) is 7.56. The van der Waals surface area contributed by atoms with Crippen molar-refractivity contribution in [2.24, 2.45) is 11.8 Å². The Morgan fingerprint density at radius 1 is 1.15 bits per heavy atom.